The van der Waals surface area contributed by atoms with Gasteiger partial charge in [-0.3, -0.25) is 4.99 Å². The summed E-state index contributed by atoms with van der Waals surface area (Å²) >= 11 is 0. The van der Waals surface area contributed by atoms with Gasteiger partial charge in [-0.1, -0.05) is 68.2 Å². The molecule has 3 aromatic carbocycles. The number of benzene rings is 3. The van der Waals surface area contributed by atoms with E-state index < -0.39 is 0 Å². The zero-order valence-corrected chi connectivity index (χ0v) is 14.3. The monoisotopic (exact) mass is 325 g/mol. The number of phenols is 1. The second-order valence-electron chi connectivity index (χ2n) is 6.67. The highest BCUT2D eigenvalue weighted by Gasteiger charge is 2.15. The van der Waals surface area contributed by atoms with Crippen LogP contribution < -0.4 is 0 Å². The molecule has 1 aliphatic rings. The van der Waals surface area contributed by atoms with E-state index in [1.54, 1.807) is 6.07 Å². The van der Waals surface area contributed by atoms with Crippen molar-refractivity contribution >= 4 is 17.0 Å². The highest BCUT2D eigenvalue weighted by molar-refractivity contribution is 5.92. The van der Waals surface area contributed by atoms with Crippen molar-refractivity contribution in [1.29, 1.82) is 0 Å². The first-order valence-corrected chi connectivity index (χ1v) is 8.53. The van der Waals surface area contributed by atoms with Crippen LogP contribution >= 0.6 is 0 Å². The summed E-state index contributed by atoms with van der Waals surface area (Å²) in [7, 11) is 0. The Bertz CT molecular complexity index is 1050. The van der Waals surface area contributed by atoms with Crippen LogP contribution in [0.1, 0.15) is 48.1 Å². The van der Waals surface area contributed by atoms with Crippen LogP contribution in [-0.4, -0.2) is 11.3 Å². The standard InChI is InChI=1S/C23H19NO/c1-15(2)17-9-10-19-14-24-21(12-11-18(19)13-17)20-7-3-5-16-6-4-8-22(25)23(16)20/h3-10,13-15,21,25H,1-2H3. The van der Waals surface area contributed by atoms with E-state index in [-0.39, 0.29) is 11.8 Å². The molecule has 1 N–H and O–H groups in total. The minimum absolute atomic E-state index is 0.272. The Labute approximate surface area is 147 Å². The van der Waals surface area contributed by atoms with Gasteiger partial charge in [0, 0.05) is 28.3 Å². The third kappa shape index (κ3) is 2.79. The minimum atomic E-state index is -0.285. The second kappa shape index (κ2) is 6.11. The van der Waals surface area contributed by atoms with E-state index in [4.69, 9.17) is 4.99 Å². The van der Waals surface area contributed by atoms with Gasteiger partial charge in [0.1, 0.15) is 11.8 Å². The molecule has 122 valence electrons. The second-order valence-corrected chi connectivity index (χ2v) is 6.67. The molecule has 25 heavy (non-hydrogen) atoms. The van der Waals surface area contributed by atoms with Crippen LogP contribution in [0, 0.1) is 11.8 Å². The first kappa shape index (κ1) is 15.5. The van der Waals surface area contributed by atoms with Gasteiger partial charge in [-0.15, -0.1) is 0 Å². The predicted octanol–water partition coefficient (Wildman–Crippen LogP) is 5.19. The number of fused-ring (bicyclic) bond motifs is 2. The van der Waals surface area contributed by atoms with Gasteiger partial charge in [0.15, 0.2) is 0 Å². The van der Waals surface area contributed by atoms with E-state index >= 15 is 0 Å². The molecule has 0 spiro atoms. The molecule has 1 atom stereocenters. The average molecular weight is 325 g/mol. The third-order valence-electron chi connectivity index (χ3n) is 4.66. The average Bonchev–Trinajstić information content (AvgIpc) is 2.83. The number of nitrogens with zero attached hydrogens (tertiary/aromatic N) is 1. The van der Waals surface area contributed by atoms with Crippen molar-refractivity contribution in [2.45, 2.75) is 25.8 Å². The van der Waals surface area contributed by atoms with E-state index in [1.165, 1.54) is 5.56 Å². The summed E-state index contributed by atoms with van der Waals surface area (Å²) in [5.41, 5.74) is 4.28. The van der Waals surface area contributed by atoms with Gasteiger partial charge in [0.25, 0.3) is 0 Å². The summed E-state index contributed by atoms with van der Waals surface area (Å²) in [6, 6.07) is 17.6. The van der Waals surface area contributed by atoms with Crippen molar-refractivity contribution < 1.29 is 5.11 Å². The Hall–Kier alpha value is -3.05. The Morgan fingerprint density at radius 1 is 1.04 bits per heavy atom. The molecule has 0 bridgehead atoms. The van der Waals surface area contributed by atoms with Crippen LogP contribution in [0.3, 0.4) is 0 Å². The van der Waals surface area contributed by atoms with Crippen molar-refractivity contribution in [1.82, 2.24) is 0 Å². The molecule has 0 aliphatic carbocycles. The molecule has 0 saturated heterocycles. The molecule has 0 aromatic heterocycles. The van der Waals surface area contributed by atoms with Crippen LogP contribution in [0.4, 0.5) is 0 Å². The van der Waals surface area contributed by atoms with Gasteiger partial charge >= 0.3 is 0 Å². The summed E-state index contributed by atoms with van der Waals surface area (Å²) in [6.45, 7) is 4.36. The lowest BCUT2D eigenvalue weighted by molar-refractivity contribution is 0.481. The van der Waals surface area contributed by atoms with E-state index in [9.17, 15) is 5.11 Å². The lowest BCUT2D eigenvalue weighted by Gasteiger charge is -2.11. The quantitative estimate of drug-likeness (QED) is 0.646. The van der Waals surface area contributed by atoms with Crippen molar-refractivity contribution in [2.24, 2.45) is 4.99 Å². The van der Waals surface area contributed by atoms with E-state index in [0.29, 0.717) is 5.92 Å². The highest BCUT2D eigenvalue weighted by Crippen LogP contribution is 2.33. The van der Waals surface area contributed by atoms with Gasteiger partial charge in [-0.2, -0.15) is 0 Å². The van der Waals surface area contributed by atoms with Crippen LogP contribution in [0.25, 0.3) is 10.8 Å². The summed E-state index contributed by atoms with van der Waals surface area (Å²) in [6.07, 6.45) is 1.88. The maximum Gasteiger partial charge on any atom is 0.136 e. The Morgan fingerprint density at radius 2 is 1.84 bits per heavy atom. The van der Waals surface area contributed by atoms with Crippen molar-refractivity contribution in [2.75, 3.05) is 0 Å². The Kier molecular flexibility index (Phi) is 3.78. The lowest BCUT2D eigenvalue weighted by atomic mass is 9.97. The number of hydrogen-bond donors (Lipinski definition) is 1. The van der Waals surface area contributed by atoms with E-state index in [1.807, 2.05) is 36.5 Å². The van der Waals surface area contributed by atoms with Gasteiger partial charge in [-0.25, -0.2) is 0 Å². The van der Waals surface area contributed by atoms with Crippen molar-refractivity contribution in [3.63, 3.8) is 0 Å². The Balaban J connectivity index is 1.83. The molecule has 0 fully saturated rings. The van der Waals surface area contributed by atoms with Crippen LogP contribution in [0.2, 0.25) is 0 Å². The molecule has 0 amide bonds. The number of aliphatic imine (C=N–C) groups is 1. The van der Waals surface area contributed by atoms with Gasteiger partial charge in [0.05, 0.1) is 0 Å². The molecule has 1 aliphatic heterocycles. The number of rotatable bonds is 2. The first-order valence-electron chi connectivity index (χ1n) is 8.53. The van der Waals surface area contributed by atoms with Crippen LogP contribution in [-0.2, 0) is 0 Å². The van der Waals surface area contributed by atoms with Gasteiger partial charge < -0.3 is 5.11 Å². The van der Waals surface area contributed by atoms with Gasteiger partial charge in [0.2, 0.25) is 0 Å². The molecular formula is C23H19NO. The minimum Gasteiger partial charge on any atom is -0.507 e. The fourth-order valence-electron chi connectivity index (χ4n) is 3.23. The molecule has 1 unspecified atom stereocenters. The van der Waals surface area contributed by atoms with E-state index in [2.05, 4.69) is 43.9 Å². The summed E-state index contributed by atoms with van der Waals surface area (Å²) in [5, 5.41) is 12.2. The molecule has 0 saturated carbocycles. The summed E-state index contributed by atoms with van der Waals surface area (Å²) < 4.78 is 0. The molecule has 1 heterocycles. The predicted molar refractivity (Wildman–Crippen MR) is 103 cm³/mol. The number of aromatic hydroxyl groups is 1. The largest absolute Gasteiger partial charge is 0.507 e. The van der Waals surface area contributed by atoms with Crippen LogP contribution in [0.5, 0.6) is 5.75 Å². The van der Waals surface area contributed by atoms with E-state index in [0.717, 1.165) is 27.5 Å². The zero-order valence-electron chi connectivity index (χ0n) is 14.3. The maximum absolute atomic E-state index is 10.3. The molecule has 2 heteroatoms. The normalized spacial score (nSPS) is 15.6. The fourth-order valence-corrected chi connectivity index (χ4v) is 3.23. The topological polar surface area (TPSA) is 32.6 Å². The molecule has 4 rings (SSSR count). The molecular weight excluding hydrogens is 306 g/mol. The zero-order chi connectivity index (χ0) is 17.4. The molecule has 0 radical (unpaired) electrons. The summed E-state index contributed by atoms with van der Waals surface area (Å²) in [4.78, 5) is 4.69. The van der Waals surface area contributed by atoms with Crippen LogP contribution in [0.15, 0.2) is 59.6 Å². The smallest absolute Gasteiger partial charge is 0.136 e. The number of hydrogen-bond acceptors (Lipinski definition) is 2. The third-order valence-corrected chi connectivity index (χ3v) is 4.66. The molecule has 2 nitrogen and oxygen atoms in total. The fraction of sp³-hybridized carbons (Fsp3) is 0.174. The van der Waals surface area contributed by atoms with Crippen molar-refractivity contribution in [3.8, 4) is 17.6 Å². The first-order chi connectivity index (χ1) is 12.1. The Morgan fingerprint density at radius 3 is 2.64 bits per heavy atom. The SMILES string of the molecule is CC(C)c1ccc2c(c1)C#CC(c1cccc3cccc(O)c13)N=C2. The van der Waals surface area contributed by atoms with Gasteiger partial charge in [-0.05, 0) is 29.0 Å². The lowest BCUT2D eigenvalue weighted by Crippen LogP contribution is -1.95. The number of phenolic OH excluding ortho intramolecular Hbond substituents is 1. The highest BCUT2D eigenvalue weighted by atomic mass is 16.3. The summed E-state index contributed by atoms with van der Waals surface area (Å²) in [5.74, 6) is 7.32. The maximum atomic E-state index is 10.3. The van der Waals surface area contributed by atoms with Crippen molar-refractivity contribution in [3.05, 3.63) is 76.9 Å². The molecule has 3 aromatic rings.